The third kappa shape index (κ3) is 5.60. The molecule has 6 rings (SSSR count). The fourth-order valence-corrected chi connectivity index (χ4v) is 4.64. The minimum Gasteiger partial charge on any atom is -0.348 e. The Balaban J connectivity index is 1.47. The largest absolute Gasteiger partial charge is 0.416 e. The zero-order valence-corrected chi connectivity index (χ0v) is 22.4. The average Bonchev–Trinajstić information content (AvgIpc) is 3.52. The smallest absolute Gasteiger partial charge is 0.348 e. The van der Waals surface area contributed by atoms with E-state index in [0.29, 0.717) is 28.8 Å². The molecule has 0 radical (unpaired) electrons. The molecule has 3 heterocycles. The van der Waals surface area contributed by atoms with Crippen molar-refractivity contribution in [2.24, 2.45) is 0 Å². The molecule has 10 heteroatoms. The van der Waals surface area contributed by atoms with E-state index in [1.165, 1.54) is 6.07 Å². The number of halogens is 3. The summed E-state index contributed by atoms with van der Waals surface area (Å²) in [5.41, 5.74) is 2.63. The summed E-state index contributed by atoms with van der Waals surface area (Å²) in [6, 6.07) is 27.8. The summed E-state index contributed by atoms with van der Waals surface area (Å²) in [6.07, 6.45) is 0.506. The second-order valence-corrected chi connectivity index (χ2v) is 9.57. The molecule has 1 atom stereocenters. The zero-order chi connectivity index (χ0) is 29.1. The summed E-state index contributed by atoms with van der Waals surface area (Å²) in [4.78, 5) is 13.6. The topological polar surface area (TPSA) is 81.4 Å². The first-order valence-corrected chi connectivity index (χ1v) is 13.2. The van der Waals surface area contributed by atoms with Gasteiger partial charge in [0.2, 0.25) is 5.95 Å². The monoisotopic (exact) mass is 563 g/mol. The van der Waals surface area contributed by atoms with Gasteiger partial charge in [-0.05, 0) is 36.8 Å². The van der Waals surface area contributed by atoms with Crippen LogP contribution in [-0.4, -0.2) is 29.7 Å². The Morgan fingerprint density at radius 3 is 2.26 bits per heavy atom. The van der Waals surface area contributed by atoms with E-state index in [4.69, 9.17) is 4.98 Å². The van der Waals surface area contributed by atoms with Gasteiger partial charge in [0.25, 0.3) is 0 Å². The first-order chi connectivity index (χ1) is 20.4. The minimum absolute atomic E-state index is 0.0881. The Hall–Kier alpha value is -5.38. The van der Waals surface area contributed by atoms with Crippen LogP contribution in [0, 0.1) is 0 Å². The zero-order valence-electron chi connectivity index (χ0n) is 22.4. The van der Waals surface area contributed by atoms with Gasteiger partial charge in [-0.3, -0.25) is 4.57 Å². The number of benzene rings is 3. The molecule has 0 aliphatic carbocycles. The van der Waals surface area contributed by atoms with Gasteiger partial charge >= 0.3 is 6.18 Å². The van der Waals surface area contributed by atoms with Crippen molar-refractivity contribution in [1.82, 2.24) is 29.7 Å². The van der Waals surface area contributed by atoms with Crippen molar-refractivity contribution in [3.8, 4) is 39.7 Å². The molecule has 0 fully saturated rings. The van der Waals surface area contributed by atoms with Crippen molar-refractivity contribution in [3.05, 3.63) is 127 Å². The molecule has 0 saturated carbocycles. The van der Waals surface area contributed by atoms with Gasteiger partial charge in [-0.2, -0.15) is 13.2 Å². The highest BCUT2D eigenvalue weighted by atomic mass is 19.4. The number of hydrogen-bond acceptors (Lipinski definition) is 6. The van der Waals surface area contributed by atoms with Crippen molar-refractivity contribution < 1.29 is 13.2 Å². The molecule has 0 unspecified atom stereocenters. The standard InChI is InChI=1S/C32H24F3N7/c1-21(22-9-4-2-5-10-22)38-31-37-16-15-27(39-31)26-20-28(42-18-17-36-30(42)23-11-6-3-7-12-23)40-41-29(26)24-13-8-14-25(19-24)32(33,34)35/h2-21H,1H3,(H,37,38,39)/t21-/m0/s1. The van der Waals surface area contributed by atoms with Crippen LogP contribution >= 0.6 is 0 Å². The van der Waals surface area contributed by atoms with Crippen LogP contribution in [0.2, 0.25) is 0 Å². The molecular weight excluding hydrogens is 539 g/mol. The molecule has 1 N–H and O–H groups in total. The molecule has 0 spiro atoms. The van der Waals surface area contributed by atoms with Crippen LogP contribution in [0.5, 0.6) is 0 Å². The quantitative estimate of drug-likeness (QED) is 0.215. The molecule has 0 aliphatic heterocycles. The molecule has 0 saturated heterocycles. The number of aromatic nitrogens is 6. The fourth-order valence-electron chi connectivity index (χ4n) is 4.64. The summed E-state index contributed by atoms with van der Waals surface area (Å²) in [7, 11) is 0. The average molecular weight is 564 g/mol. The minimum atomic E-state index is -4.51. The summed E-state index contributed by atoms with van der Waals surface area (Å²) >= 11 is 0. The second kappa shape index (κ2) is 11.2. The second-order valence-electron chi connectivity index (χ2n) is 9.57. The highest BCUT2D eigenvalue weighted by molar-refractivity contribution is 5.80. The number of nitrogens with zero attached hydrogens (tertiary/aromatic N) is 6. The fraction of sp³-hybridized carbons (Fsp3) is 0.0938. The molecule has 0 aliphatic rings. The Morgan fingerprint density at radius 1 is 0.762 bits per heavy atom. The van der Waals surface area contributed by atoms with Gasteiger partial charge in [0.05, 0.1) is 17.3 Å². The van der Waals surface area contributed by atoms with Crippen LogP contribution in [-0.2, 0) is 6.18 Å². The summed E-state index contributed by atoms with van der Waals surface area (Å²) in [5.74, 6) is 1.44. The molecule has 3 aromatic heterocycles. The van der Waals surface area contributed by atoms with Gasteiger partial charge in [-0.15, -0.1) is 10.2 Å². The van der Waals surface area contributed by atoms with E-state index in [9.17, 15) is 13.2 Å². The lowest BCUT2D eigenvalue weighted by atomic mass is 10.0. The van der Waals surface area contributed by atoms with Crippen molar-refractivity contribution in [2.75, 3.05) is 5.32 Å². The normalized spacial score (nSPS) is 12.2. The van der Waals surface area contributed by atoms with E-state index in [-0.39, 0.29) is 17.3 Å². The molecule has 6 aromatic rings. The van der Waals surface area contributed by atoms with Crippen molar-refractivity contribution in [3.63, 3.8) is 0 Å². The van der Waals surface area contributed by atoms with Crippen LogP contribution in [0.15, 0.2) is 116 Å². The number of anilines is 1. The van der Waals surface area contributed by atoms with E-state index in [1.807, 2.05) is 67.6 Å². The van der Waals surface area contributed by atoms with Gasteiger partial charge in [0.1, 0.15) is 11.5 Å². The van der Waals surface area contributed by atoms with Crippen LogP contribution in [0.4, 0.5) is 19.1 Å². The number of imidazole rings is 1. The van der Waals surface area contributed by atoms with Crippen LogP contribution in [0.25, 0.3) is 39.7 Å². The number of rotatable bonds is 7. The highest BCUT2D eigenvalue weighted by Crippen LogP contribution is 2.36. The van der Waals surface area contributed by atoms with Gasteiger partial charge < -0.3 is 5.32 Å². The maximum atomic E-state index is 13.6. The van der Waals surface area contributed by atoms with Gasteiger partial charge in [0, 0.05) is 35.3 Å². The van der Waals surface area contributed by atoms with Crippen LogP contribution in [0.3, 0.4) is 0 Å². The van der Waals surface area contributed by atoms with Crippen molar-refractivity contribution in [2.45, 2.75) is 19.1 Å². The predicted octanol–water partition coefficient (Wildman–Crippen LogP) is 7.65. The van der Waals surface area contributed by atoms with Gasteiger partial charge in [-0.25, -0.2) is 15.0 Å². The highest BCUT2D eigenvalue weighted by Gasteiger charge is 2.31. The third-order valence-electron chi connectivity index (χ3n) is 6.74. The molecule has 208 valence electrons. The summed E-state index contributed by atoms with van der Waals surface area (Å²) in [5, 5.41) is 12.1. The lowest BCUT2D eigenvalue weighted by Crippen LogP contribution is -2.10. The molecule has 3 aromatic carbocycles. The van der Waals surface area contributed by atoms with E-state index in [2.05, 4.69) is 25.5 Å². The Bertz CT molecular complexity index is 1820. The first-order valence-electron chi connectivity index (χ1n) is 13.2. The van der Waals surface area contributed by atoms with Gasteiger partial charge in [-0.1, -0.05) is 72.8 Å². The van der Waals surface area contributed by atoms with Crippen molar-refractivity contribution >= 4 is 5.95 Å². The molecule has 42 heavy (non-hydrogen) atoms. The number of alkyl halides is 3. The Labute approximate surface area is 239 Å². The van der Waals surface area contributed by atoms with Crippen molar-refractivity contribution in [1.29, 1.82) is 0 Å². The summed E-state index contributed by atoms with van der Waals surface area (Å²) < 4.78 is 42.6. The first kappa shape index (κ1) is 26.8. The maximum Gasteiger partial charge on any atom is 0.416 e. The predicted molar refractivity (Wildman–Crippen MR) is 155 cm³/mol. The Morgan fingerprint density at radius 2 is 1.50 bits per heavy atom. The van der Waals surface area contributed by atoms with Crippen LogP contribution in [0.1, 0.15) is 24.1 Å². The molecule has 0 bridgehead atoms. The lowest BCUT2D eigenvalue weighted by Gasteiger charge is -2.16. The van der Waals surface area contributed by atoms with E-state index in [1.54, 1.807) is 41.4 Å². The Kier molecular flexibility index (Phi) is 7.18. The number of hydrogen-bond donors (Lipinski definition) is 1. The van der Waals surface area contributed by atoms with E-state index >= 15 is 0 Å². The molecule has 0 amide bonds. The van der Waals surface area contributed by atoms with E-state index in [0.717, 1.165) is 23.3 Å². The third-order valence-corrected chi connectivity index (χ3v) is 6.74. The summed E-state index contributed by atoms with van der Waals surface area (Å²) in [6.45, 7) is 2.00. The number of nitrogens with one attached hydrogen (secondary N) is 1. The van der Waals surface area contributed by atoms with Crippen LogP contribution < -0.4 is 5.32 Å². The molecule has 7 nitrogen and oxygen atoms in total. The SMILES string of the molecule is C[C@H](Nc1nccc(-c2cc(-n3ccnc3-c3ccccc3)nnc2-c2cccc(C(F)(F)F)c2)n1)c1ccccc1. The van der Waals surface area contributed by atoms with Gasteiger partial charge in [0.15, 0.2) is 5.82 Å². The molecular formula is C32H24F3N7. The van der Waals surface area contributed by atoms with E-state index < -0.39 is 11.7 Å². The lowest BCUT2D eigenvalue weighted by molar-refractivity contribution is -0.137. The maximum absolute atomic E-state index is 13.6.